The van der Waals surface area contributed by atoms with E-state index in [1.807, 2.05) is 0 Å². The zero-order valence-electron chi connectivity index (χ0n) is 10.6. The molecule has 2 atom stereocenters. The molecule has 0 saturated heterocycles. The molecule has 0 spiro atoms. The standard InChI is InChI=1S/C14H28/c1-6-8-10-14(11-12(3)4)13(5)9-7-2/h13-14H,3,6-11H2,1-2,4-5H3. The molecule has 0 fully saturated rings. The number of hydrogen-bond donors (Lipinski definition) is 0. The number of unbranched alkanes of at least 4 members (excludes halogenated alkanes) is 1. The summed E-state index contributed by atoms with van der Waals surface area (Å²) in [7, 11) is 0. The van der Waals surface area contributed by atoms with Gasteiger partial charge in [-0.2, -0.15) is 0 Å². The average molecular weight is 196 g/mol. The summed E-state index contributed by atoms with van der Waals surface area (Å²) in [6.45, 7) is 13.2. The van der Waals surface area contributed by atoms with Crippen molar-refractivity contribution >= 4 is 0 Å². The molecule has 0 bridgehead atoms. The van der Waals surface area contributed by atoms with Crippen molar-refractivity contribution in [2.45, 2.75) is 66.2 Å². The minimum absolute atomic E-state index is 0.878. The molecular weight excluding hydrogens is 168 g/mol. The van der Waals surface area contributed by atoms with Crippen LogP contribution in [0.25, 0.3) is 0 Å². The zero-order chi connectivity index (χ0) is 11.0. The van der Waals surface area contributed by atoms with Crippen molar-refractivity contribution in [2.75, 3.05) is 0 Å². The first-order valence-electron chi connectivity index (χ1n) is 6.26. The summed E-state index contributed by atoms with van der Waals surface area (Å²) in [6.07, 6.45) is 8.03. The van der Waals surface area contributed by atoms with Crippen molar-refractivity contribution in [1.82, 2.24) is 0 Å². The summed E-state index contributed by atoms with van der Waals surface area (Å²) in [5.41, 5.74) is 1.36. The Morgan fingerprint density at radius 3 is 2.21 bits per heavy atom. The van der Waals surface area contributed by atoms with Gasteiger partial charge in [0.15, 0.2) is 0 Å². The molecule has 0 N–H and O–H groups in total. The van der Waals surface area contributed by atoms with Crippen molar-refractivity contribution < 1.29 is 0 Å². The third-order valence-electron chi connectivity index (χ3n) is 3.09. The van der Waals surface area contributed by atoms with E-state index in [-0.39, 0.29) is 0 Å². The lowest BCUT2D eigenvalue weighted by Crippen LogP contribution is -2.12. The third-order valence-corrected chi connectivity index (χ3v) is 3.09. The molecular formula is C14H28. The van der Waals surface area contributed by atoms with E-state index in [9.17, 15) is 0 Å². The van der Waals surface area contributed by atoms with Gasteiger partial charge in [0.1, 0.15) is 0 Å². The Morgan fingerprint density at radius 1 is 1.14 bits per heavy atom. The van der Waals surface area contributed by atoms with Gasteiger partial charge in [-0.1, -0.05) is 52.0 Å². The molecule has 0 aromatic heterocycles. The van der Waals surface area contributed by atoms with Gasteiger partial charge in [-0.3, -0.25) is 0 Å². The molecule has 0 aromatic carbocycles. The van der Waals surface area contributed by atoms with Gasteiger partial charge in [0.2, 0.25) is 0 Å². The Labute approximate surface area is 90.8 Å². The molecule has 2 unspecified atom stereocenters. The molecule has 0 saturated carbocycles. The second-order valence-corrected chi connectivity index (χ2v) is 4.83. The van der Waals surface area contributed by atoms with Crippen LogP contribution in [0.2, 0.25) is 0 Å². The number of hydrogen-bond acceptors (Lipinski definition) is 0. The molecule has 0 amide bonds. The van der Waals surface area contributed by atoms with Crippen LogP contribution >= 0.6 is 0 Å². The summed E-state index contributed by atoms with van der Waals surface area (Å²) in [6, 6.07) is 0. The van der Waals surface area contributed by atoms with Gasteiger partial charge in [0.25, 0.3) is 0 Å². The lowest BCUT2D eigenvalue weighted by molar-refractivity contribution is 0.306. The number of rotatable bonds is 8. The van der Waals surface area contributed by atoms with Crippen LogP contribution in [0.3, 0.4) is 0 Å². The maximum atomic E-state index is 4.05. The Hall–Kier alpha value is -0.260. The lowest BCUT2D eigenvalue weighted by Gasteiger charge is -2.23. The normalized spacial score (nSPS) is 15.1. The van der Waals surface area contributed by atoms with Crippen LogP contribution < -0.4 is 0 Å². The molecule has 0 aliphatic heterocycles. The van der Waals surface area contributed by atoms with Crippen LogP contribution in [0, 0.1) is 11.8 Å². The summed E-state index contributed by atoms with van der Waals surface area (Å²) in [5.74, 6) is 1.76. The fourth-order valence-corrected chi connectivity index (χ4v) is 2.19. The van der Waals surface area contributed by atoms with Crippen molar-refractivity contribution in [2.24, 2.45) is 11.8 Å². The van der Waals surface area contributed by atoms with E-state index in [0.717, 1.165) is 11.8 Å². The number of allylic oxidation sites excluding steroid dienone is 1. The van der Waals surface area contributed by atoms with Gasteiger partial charge in [0.05, 0.1) is 0 Å². The molecule has 0 rings (SSSR count). The van der Waals surface area contributed by atoms with Gasteiger partial charge in [-0.15, -0.1) is 6.58 Å². The summed E-state index contributed by atoms with van der Waals surface area (Å²) in [4.78, 5) is 0. The smallest absolute Gasteiger partial charge is 0.0295 e. The molecule has 0 heteroatoms. The van der Waals surface area contributed by atoms with Crippen LogP contribution in [0.4, 0.5) is 0 Å². The summed E-state index contributed by atoms with van der Waals surface area (Å²) in [5, 5.41) is 0. The van der Waals surface area contributed by atoms with Gasteiger partial charge >= 0.3 is 0 Å². The zero-order valence-corrected chi connectivity index (χ0v) is 10.6. The van der Waals surface area contributed by atoms with Crippen molar-refractivity contribution in [3.63, 3.8) is 0 Å². The highest BCUT2D eigenvalue weighted by Gasteiger charge is 2.15. The predicted octanol–water partition coefficient (Wildman–Crippen LogP) is 5.20. The molecule has 0 aliphatic carbocycles. The van der Waals surface area contributed by atoms with Crippen molar-refractivity contribution in [1.29, 1.82) is 0 Å². The summed E-state index contributed by atoms with van der Waals surface area (Å²) >= 11 is 0. The average Bonchev–Trinajstić information content (AvgIpc) is 2.12. The Bertz CT molecular complexity index is 146. The quantitative estimate of drug-likeness (QED) is 0.468. The topological polar surface area (TPSA) is 0 Å². The predicted molar refractivity (Wildman–Crippen MR) is 66.5 cm³/mol. The molecule has 14 heavy (non-hydrogen) atoms. The Balaban J connectivity index is 4.00. The minimum atomic E-state index is 0.878. The maximum Gasteiger partial charge on any atom is -0.0295 e. The van der Waals surface area contributed by atoms with Crippen LogP contribution in [-0.4, -0.2) is 0 Å². The van der Waals surface area contributed by atoms with E-state index < -0.39 is 0 Å². The van der Waals surface area contributed by atoms with Gasteiger partial charge in [-0.05, 0) is 31.6 Å². The van der Waals surface area contributed by atoms with Crippen LogP contribution in [-0.2, 0) is 0 Å². The molecule has 0 aromatic rings. The van der Waals surface area contributed by atoms with Crippen molar-refractivity contribution in [3.8, 4) is 0 Å². The van der Waals surface area contributed by atoms with Crippen LogP contribution in [0.5, 0.6) is 0 Å². The maximum absolute atomic E-state index is 4.05. The SMILES string of the molecule is C=C(C)CC(CCCC)C(C)CCC. The Morgan fingerprint density at radius 2 is 1.79 bits per heavy atom. The minimum Gasteiger partial charge on any atom is -0.100 e. The first-order valence-corrected chi connectivity index (χ1v) is 6.26. The molecule has 0 heterocycles. The monoisotopic (exact) mass is 196 g/mol. The highest BCUT2D eigenvalue weighted by molar-refractivity contribution is 4.91. The first-order chi connectivity index (χ1) is 6.61. The highest BCUT2D eigenvalue weighted by Crippen LogP contribution is 2.28. The second-order valence-electron chi connectivity index (χ2n) is 4.83. The summed E-state index contributed by atoms with van der Waals surface area (Å²) < 4.78 is 0. The van der Waals surface area contributed by atoms with E-state index in [1.165, 1.54) is 44.1 Å². The van der Waals surface area contributed by atoms with Crippen molar-refractivity contribution in [3.05, 3.63) is 12.2 Å². The molecule has 0 aliphatic rings. The second kappa shape index (κ2) is 8.08. The van der Waals surface area contributed by atoms with E-state index in [2.05, 4.69) is 34.3 Å². The van der Waals surface area contributed by atoms with E-state index in [4.69, 9.17) is 0 Å². The van der Waals surface area contributed by atoms with Gasteiger partial charge < -0.3 is 0 Å². The fraction of sp³-hybridized carbons (Fsp3) is 0.857. The van der Waals surface area contributed by atoms with E-state index in [0.29, 0.717) is 0 Å². The molecule has 0 nitrogen and oxygen atoms in total. The molecule has 0 radical (unpaired) electrons. The first kappa shape index (κ1) is 13.7. The Kier molecular flexibility index (Phi) is 7.93. The largest absolute Gasteiger partial charge is 0.100 e. The van der Waals surface area contributed by atoms with E-state index in [1.54, 1.807) is 0 Å². The highest BCUT2D eigenvalue weighted by atomic mass is 14.2. The molecule has 84 valence electrons. The van der Waals surface area contributed by atoms with Crippen LogP contribution in [0.15, 0.2) is 12.2 Å². The van der Waals surface area contributed by atoms with Gasteiger partial charge in [0, 0.05) is 0 Å². The van der Waals surface area contributed by atoms with E-state index >= 15 is 0 Å². The third kappa shape index (κ3) is 6.23. The van der Waals surface area contributed by atoms with Crippen LogP contribution in [0.1, 0.15) is 66.2 Å². The lowest BCUT2D eigenvalue weighted by atomic mass is 9.82. The van der Waals surface area contributed by atoms with Gasteiger partial charge in [-0.25, -0.2) is 0 Å². The fourth-order valence-electron chi connectivity index (χ4n) is 2.19.